The monoisotopic (exact) mass is 281 g/mol. The number of nitrogens with one attached hydrogen (secondary N) is 2. The summed E-state index contributed by atoms with van der Waals surface area (Å²) < 4.78 is 7.17. The second-order valence-corrected chi connectivity index (χ2v) is 4.56. The largest absolute Gasteiger partial charge is 0.385 e. The van der Waals surface area contributed by atoms with Crippen LogP contribution in [0, 0.1) is 6.92 Å². The third-order valence-corrected chi connectivity index (χ3v) is 2.91. The Kier molecular flexibility index (Phi) is 8.46. The molecule has 0 bridgehead atoms. The minimum absolute atomic E-state index is 0.770. The molecule has 0 spiro atoms. The molecule has 1 aromatic heterocycles. The first-order valence-corrected chi connectivity index (χ1v) is 7.26. The van der Waals surface area contributed by atoms with Crippen molar-refractivity contribution in [2.45, 2.75) is 33.2 Å². The minimum Gasteiger partial charge on any atom is -0.385 e. The second kappa shape index (κ2) is 10.3. The molecule has 0 aromatic carbocycles. The molecule has 0 aliphatic carbocycles. The van der Waals surface area contributed by atoms with Crippen LogP contribution in [0.25, 0.3) is 0 Å². The fraction of sp³-hybridized carbons (Fsp3) is 0.714. The van der Waals surface area contributed by atoms with E-state index in [1.54, 1.807) is 7.11 Å². The molecule has 1 aromatic rings. The van der Waals surface area contributed by atoms with Crippen molar-refractivity contribution in [3.8, 4) is 0 Å². The molecule has 0 unspecified atom stereocenters. The van der Waals surface area contributed by atoms with Gasteiger partial charge in [0.25, 0.3) is 0 Å². The molecular formula is C14H27N5O. The van der Waals surface area contributed by atoms with Gasteiger partial charge in [0, 0.05) is 52.3 Å². The summed E-state index contributed by atoms with van der Waals surface area (Å²) in [4.78, 5) is 8.77. The van der Waals surface area contributed by atoms with E-state index in [2.05, 4.69) is 32.1 Å². The SMILES string of the molecule is CCNC(=NCCCn1ccnc1C)NCCCOC. The minimum atomic E-state index is 0.770. The molecule has 0 fully saturated rings. The molecule has 0 aliphatic rings. The van der Waals surface area contributed by atoms with E-state index in [0.717, 1.165) is 57.4 Å². The fourth-order valence-electron chi connectivity index (χ4n) is 1.84. The van der Waals surface area contributed by atoms with Crippen LogP contribution in [-0.2, 0) is 11.3 Å². The zero-order valence-corrected chi connectivity index (χ0v) is 12.9. The first kappa shape index (κ1) is 16.5. The summed E-state index contributed by atoms with van der Waals surface area (Å²) >= 11 is 0. The number of hydrogen-bond donors (Lipinski definition) is 2. The Bertz CT molecular complexity index is 389. The molecule has 1 heterocycles. The summed E-state index contributed by atoms with van der Waals surface area (Å²) in [5.41, 5.74) is 0. The molecule has 2 N–H and O–H groups in total. The highest BCUT2D eigenvalue weighted by Crippen LogP contribution is 1.97. The van der Waals surface area contributed by atoms with Crippen LogP contribution in [0.5, 0.6) is 0 Å². The lowest BCUT2D eigenvalue weighted by atomic mass is 10.4. The molecule has 1 rings (SSSR count). The summed E-state index contributed by atoms with van der Waals surface area (Å²) in [6.07, 6.45) is 5.83. The Balaban J connectivity index is 2.25. The van der Waals surface area contributed by atoms with Crippen LogP contribution in [0.4, 0.5) is 0 Å². The number of methoxy groups -OCH3 is 1. The number of hydrogen-bond acceptors (Lipinski definition) is 3. The van der Waals surface area contributed by atoms with Crippen LogP contribution >= 0.6 is 0 Å². The predicted octanol–water partition coefficient (Wildman–Crippen LogP) is 1.17. The van der Waals surface area contributed by atoms with Gasteiger partial charge in [0.05, 0.1) is 0 Å². The molecular weight excluding hydrogens is 254 g/mol. The van der Waals surface area contributed by atoms with Crippen LogP contribution in [0.1, 0.15) is 25.6 Å². The molecule has 20 heavy (non-hydrogen) atoms. The topological polar surface area (TPSA) is 63.5 Å². The van der Waals surface area contributed by atoms with Crippen molar-refractivity contribution in [3.63, 3.8) is 0 Å². The zero-order valence-electron chi connectivity index (χ0n) is 12.9. The summed E-state index contributed by atoms with van der Waals surface area (Å²) in [7, 11) is 1.72. The van der Waals surface area contributed by atoms with E-state index in [4.69, 9.17) is 4.74 Å². The van der Waals surface area contributed by atoms with Crippen molar-refractivity contribution in [1.82, 2.24) is 20.2 Å². The van der Waals surface area contributed by atoms with E-state index in [1.807, 2.05) is 19.3 Å². The molecule has 0 radical (unpaired) electrons. The molecule has 0 saturated carbocycles. The van der Waals surface area contributed by atoms with E-state index in [-0.39, 0.29) is 0 Å². The number of nitrogens with zero attached hydrogens (tertiary/aromatic N) is 3. The van der Waals surface area contributed by atoms with Gasteiger partial charge in [-0.3, -0.25) is 4.99 Å². The summed E-state index contributed by atoms with van der Waals surface area (Å²) in [5, 5.41) is 6.54. The first-order valence-electron chi connectivity index (χ1n) is 7.26. The van der Waals surface area contributed by atoms with Gasteiger partial charge in [-0.1, -0.05) is 0 Å². The van der Waals surface area contributed by atoms with E-state index in [1.165, 1.54) is 0 Å². The number of aliphatic imine (C=N–C) groups is 1. The normalized spacial score (nSPS) is 11.7. The maximum Gasteiger partial charge on any atom is 0.191 e. The van der Waals surface area contributed by atoms with Gasteiger partial charge in [-0.15, -0.1) is 0 Å². The molecule has 0 saturated heterocycles. The Morgan fingerprint density at radius 2 is 2.25 bits per heavy atom. The lowest BCUT2D eigenvalue weighted by Crippen LogP contribution is -2.38. The maximum atomic E-state index is 5.03. The van der Waals surface area contributed by atoms with Crippen LogP contribution in [0.3, 0.4) is 0 Å². The van der Waals surface area contributed by atoms with Gasteiger partial charge in [0.15, 0.2) is 5.96 Å². The third-order valence-electron chi connectivity index (χ3n) is 2.91. The van der Waals surface area contributed by atoms with E-state index >= 15 is 0 Å². The highest BCUT2D eigenvalue weighted by molar-refractivity contribution is 5.79. The number of guanidine groups is 1. The number of rotatable bonds is 9. The van der Waals surface area contributed by atoms with Crippen molar-refractivity contribution < 1.29 is 4.74 Å². The molecule has 0 aliphatic heterocycles. The fourth-order valence-corrected chi connectivity index (χ4v) is 1.84. The predicted molar refractivity (Wildman–Crippen MR) is 82.1 cm³/mol. The Hall–Kier alpha value is -1.56. The number of aromatic nitrogens is 2. The van der Waals surface area contributed by atoms with E-state index in [0.29, 0.717) is 0 Å². The first-order chi connectivity index (χ1) is 9.77. The lowest BCUT2D eigenvalue weighted by Gasteiger charge is -2.11. The third kappa shape index (κ3) is 6.56. The van der Waals surface area contributed by atoms with Gasteiger partial charge in [-0.25, -0.2) is 4.98 Å². The second-order valence-electron chi connectivity index (χ2n) is 4.56. The molecule has 6 heteroatoms. The van der Waals surface area contributed by atoms with Gasteiger partial charge >= 0.3 is 0 Å². The molecule has 0 amide bonds. The van der Waals surface area contributed by atoms with Crippen LogP contribution < -0.4 is 10.6 Å². The quantitative estimate of drug-likeness (QED) is 0.405. The van der Waals surface area contributed by atoms with Gasteiger partial charge in [-0.2, -0.15) is 0 Å². The Labute approximate surface area is 121 Å². The van der Waals surface area contributed by atoms with Gasteiger partial charge < -0.3 is 19.9 Å². The van der Waals surface area contributed by atoms with Crippen molar-refractivity contribution in [2.75, 3.05) is 33.4 Å². The van der Waals surface area contributed by atoms with Gasteiger partial charge in [0.2, 0.25) is 0 Å². The van der Waals surface area contributed by atoms with Crippen LogP contribution in [0.15, 0.2) is 17.4 Å². The van der Waals surface area contributed by atoms with Gasteiger partial charge in [-0.05, 0) is 26.7 Å². The number of aryl methyl sites for hydroxylation is 2. The maximum absolute atomic E-state index is 5.03. The van der Waals surface area contributed by atoms with Gasteiger partial charge in [0.1, 0.15) is 5.82 Å². The standard InChI is InChI=1S/C14H27N5O/c1-4-15-14(18-8-6-12-20-3)17-7-5-10-19-11-9-16-13(19)2/h9,11H,4-8,10,12H2,1-3H3,(H2,15,17,18). The molecule has 0 atom stereocenters. The van der Waals surface area contributed by atoms with Crippen LogP contribution in [0.2, 0.25) is 0 Å². The van der Waals surface area contributed by atoms with E-state index in [9.17, 15) is 0 Å². The Morgan fingerprint density at radius 1 is 1.40 bits per heavy atom. The molecule has 114 valence electrons. The summed E-state index contributed by atoms with van der Waals surface area (Å²) in [6.45, 7) is 8.37. The molecule has 6 nitrogen and oxygen atoms in total. The summed E-state index contributed by atoms with van der Waals surface area (Å²) in [6, 6.07) is 0. The van der Waals surface area contributed by atoms with Crippen LogP contribution in [-0.4, -0.2) is 48.9 Å². The number of ether oxygens (including phenoxy) is 1. The van der Waals surface area contributed by atoms with Crippen molar-refractivity contribution >= 4 is 5.96 Å². The average Bonchev–Trinajstić information content (AvgIpc) is 2.85. The van der Waals surface area contributed by atoms with Crippen molar-refractivity contribution in [3.05, 3.63) is 18.2 Å². The average molecular weight is 281 g/mol. The highest BCUT2D eigenvalue weighted by atomic mass is 16.5. The smallest absolute Gasteiger partial charge is 0.191 e. The lowest BCUT2D eigenvalue weighted by molar-refractivity contribution is 0.195. The number of imidazole rings is 1. The summed E-state index contributed by atoms with van der Waals surface area (Å²) in [5.74, 6) is 1.93. The van der Waals surface area contributed by atoms with E-state index < -0.39 is 0 Å². The van der Waals surface area contributed by atoms with Crippen molar-refractivity contribution in [2.24, 2.45) is 4.99 Å². The Morgan fingerprint density at radius 3 is 2.90 bits per heavy atom. The zero-order chi connectivity index (χ0) is 14.6. The highest BCUT2D eigenvalue weighted by Gasteiger charge is 1.98. The van der Waals surface area contributed by atoms with Crippen molar-refractivity contribution in [1.29, 1.82) is 0 Å².